The van der Waals surface area contributed by atoms with Gasteiger partial charge in [-0.2, -0.15) is 18.3 Å². The Morgan fingerprint density at radius 3 is 2.06 bits per heavy atom. The Kier molecular flexibility index (Phi) is 14.5. The number of amides is 2. The van der Waals surface area contributed by atoms with Crippen molar-refractivity contribution < 1.29 is 40.3 Å². The molecule has 2 fully saturated rings. The number of carbonyl (C=O) groups excluding carboxylic acids is 2. The van der Waals surface area contributed by atoms with Crippen LogP contribution in [-0.2, 0) is 30.9 Å². The molecule has 5 heterocycles. The summed E-state index contributed by atoms with van der Waals surface area (Å²) < 4.78 is 105. The van der Waals surface area contributed by atoms with Crippen molar-refractivity contribution in [2.24, 2.45) is 29.6 Å². The fourth-order valence-corrected chi connectivity index (χ4v) is 8.92. The molecule has 5 aromatic rings. The number of allylic oxidation sites excluding steroid dienone is 1. The van der Waals surface area contributed by atoms with Crippen molar-refractivity contribution in [1.82, 2.24) is 39.5 Å². The lowest BCUT2D eigenvalue weighted by Crippen LogP contribution is -2.59. The number of carbonyl (C=O) groups is 2. The summed E-state index contributed by atoms with van der Waals surface area (Å²) >= 11 is 0. The minimum Gasteiger partial charge on any atom is -0.394 e. The summed E-state index contributed by atoms with van der Waals surface area (Å²) in [5.74, 6) is -10.1. The minimum atomic E-state index is -4.72. The van der Waals surface area contributed by atoms with Crippen LogP contribution in [0.5, 0.6) is 0 Å². The Labute approximate surface area is 388 Å². The van der Waals surface area contributed by atoms with Crippen LogP contribution in [0.4, 0.5) is 42.6 Å². The maximum absolute atomic E-state index is 16.2. The second-order valence-electron chi connectivity index (χ2n) is 17.2. The van der Waals surface area contributed by atoms with Gasteiger partial charge in [-0.1, -0.05) is 68.4 Å². The molecule has 4 N–H and O–H groups in total. The lowest BCUT2D eigenvalue weighted by molar-refractivity contribution is -0.149. The van der Waals surface area contributed by atoms with E-state index in [1.54, 1.807) is 87.2 Å². The van der Waals surface area contributed by atoms with E-state index in [0.29, 0.717) is 29.1 Å². The second kappa shape index (κ2) is 20.1. The van der Waals surface area contributed by atoms with Crippen LogP contribution >= 0.6 is 0 Å². The van der Waals surface area contributed by atoms with E-state index in [2.05, 4.69) is 40.7 Å². The number of aliphatic imine (C=N–C) groups is 1. The van der Waals surface area contributed by atoms with Gasteiger partial charge >= 0.3 is 6.18 Å². The zero-order valence-corrected chi connectivity index (χ0v) is 37.7. The quantitative estimate of drug-likeness (QED) is 0.0578. The third-order valence-electron chi connectivity index (χ3n) is 12.2. The van der Waals surface area contributed by atoms with Crippen molar-refractivity contribution >= 4 is 35.5 Å². The van der Waals surface area contributed by atoms with Crippen molar-refractivity contribution in [3.05, 3.63) is 119 Å². The molecule has 2 amide bonds. The molecule has 0 aliphatic carbocycles. The monoisotopic (exact) mass is 948 g/mol. The number of rotatable bonds is 14. The van der Waals surface area contributed by atoms with Gasteiger partial charge in [-0.3, -0.25) is 19.3 Å². The number of benzene rings is 2. The summed E-state index contributed by atoms with van der Waals surface area (Å²) in [5.41, 5.74) is 7.58. The number of hydrogen-bond acceptors (Lipinski definition) is 11. The van der Waals surface area contributed by atoms with Gasteiger partial charge in [-0.05, 0) is 46.9 Å². The van der Waals surface area contributed by atoms with Crippen LogP contribution in [0, 0.1) is 11.8 Å². The summed E-state index contributed by atoms with van der Waals surface area (Å²) in [5, 5.41) is 10.4. The van der Waals surface area contributed by atoms with Gasteiger partial charge in [-0.15, -0.1) is 0 Å². The van der Waals surface area contributed by atoms with Gasteiger partial charge in [0.2, 0.25) is 11.9 Å². The first-order chi connectivity index (χ1) is 32.3. The van der Waals surface area contributed by atoms with Crippen molar-refractivity contribution in [2.45, 2.75) is 69.6 Å². The van der Waals surface area contributed by atoms with E-state index in [1.165, 1.54) is 17.9 Å². The predicted octanol–water partition coefficient (Wildman–Crippen LogP) is 7.42. The van der Waals surface area contributed by atoms with Crippen LogP contribution < -0.4 is 16.4 Å². The van der Waals surface area contributed by atoms with Crippen LogP contribution in [-0.4, -0.2) is 115 Å². The molecule has 0 saturated carbocycles. The number of piperidine rings is 2. The first kappa shape index (κ1) is 49.0. The third kappa shape index (κ3) is 11.2. The molecule has 0 bridgehead atoms. The lowest BCUT2D eigenvalue weighted by Gasteiger charge is -2.45. The highest BCUT2D eigenvalue weighted by molar-refractivity contribution is 6.18. The number of likely N-dealkylation sites (tertiary alicyclic amines) is 2. The molecular weight excluding hydrogens is 898 g/mol. The molecule has 3 aromatic heterocycles. The van der Waals surface area contributed by atoms with Gasteiger partial charge in [0.1, 0.15) is 5.70 Å². The summed E-state index contributed by atoms with van der Waals surface area (Å²) in [6, 6.07) is 13.4. The maximum Gasteiger partial charge on any atom is 0.419 e. The number of nitrogens with two attached hydrogens (primary N) is 1. The number of aromatic nitrogens is 6. The van der Waals surface area contributed by atoms with E-state index in [-0.39, 0.29) is 53.9 Å². The van der Waals surface area contributed by atoms with E-state index < -0.39 is 85.2 Å². The van der Waals surface area contributed by atoms with Gasteiger partial charge in [0.15, 0.2) is 5.69 Å². The molecule has 21 heteroatoms. The molecule has 4 atom stereocenters. The van der Waals surface area contributed by atoms with Crippen LogP contribution in [0.3, 0.4) is 0 Å². The molecule has 7 rings (SSSR count). The van der Waals surface area contributed by atoms with E-state index in [1.807, 2.05) is 6.92 Å². The molecular formula is C47H51F7N12O2. The largest absolute Gasteiger partial charge is 0.419 e. The number of nitrogens with one attached hydrogen (secondary N) is 2. The highest BCUT2D eigenvalue weighted by atomic mass is 19.4. The van der Waals surface area contributed by atoms with Crippen molar-refractivity contribution in [1.29, 1.82) is 0 Å². The Hall–Kier alpha value is -6.93. The third-order valence-corrected chi connectivity index (χ3v) is 12.2. The first-order valence-corrected chi connectivity index (χ1v) is 21.9. The van der Waals surface area contributed by atoms with Crippen LogP contribution in [0.2, 0.25) is 0 Å². The summed E-state index contributed by atoms with van der Waals surface area (Å²) in [7, 11) is 3.02. The standard InChI is InChI=1S/C47H51F7N12O2/c1-5-29-18-57-43(58-19-29)61-23-37-28(2)16-45(48,49)26-65(37)42(68)40-36(25-64(4)63-40)34-14-10-9-13-31(34)15-32-17-46(50,51)27-66(38(32)24-62-44-59-20-33(21-60-44)47(52,53)54)41(67)39(55)35(22-56-3)30-11-7-6-8-12-30/h6-14,18-22,25,28,32,37-38H,5,15-17,23-24,26-27,55H2,1-4H3,(H,57,58,61)(H,59,60,62)/t28-,32?,37?,38?/m1/s1. The van der Waals surface area contributed by atoms with Crippen molar-refractivity contribution in [3.8, 4) is 11.1 Å². The molecule has 68 heavy (non-hydrogen) atoms. The maximum atomic E-state index is 16.2. The first-order valence-electron chi connectivity index (χ1n) is 21.9. The highest BCUT2D eigenvalue weighted by Gasteiger charge is 2.49. The molecule has 0 radical (unpaired) electrons. The number of halogens is 7. The summed E-state index contributed by atoms with van der Waals surface area (Å²) in [4.78, 5) is 51.5. The number of anilines is 2. The number of nitrogens with zero attached hydrogens (tertiary/aromatic N) is 9. The molecule has 2 aliphatic rings. The highest BCUT2D eigenvalue weighted by Crippen LogP contribution is 2.41. The molecule has 2 aliphatic heterocycles. The molecule has 360 valence electrons. The molecule has 3 unspecified atom stereocenters. The van der Waals surface area contributed by atoms with Crippen molar-refractivity contribution in [3.63, 3.8) is 0 Å². The fourth-order valence-electron chi connectivity index (χ4n) is 8.92. The number of aryl methyl sites for hydroxylation is 2. The van der Waals surface area contributed by atoms with Gasteiger partial charge in [0, 0.05) is 88.4 Å². The van der Waals surface area contributed by atoms with Crippen LogP contribution in [0.1, 0.15) is 59.4 Å². The van der Waals surface area contributed by atoms with Gasteiger partial charge < -0.3 is 26.2 Å². The fraction of sp³-hybridized carbons (Fsp3) is 0.404. The zero-order valence-electron chi connectivity index (χ0n) is 37.7. The van der Waals surface area contributed by atoms with E-state index in [4.69, 9.17) is 5.73 Å². The van der Waals surface area contributed by atoms with Gasteiger partial charge in [0.25, 0.3) is 23.7 Å². The normalized spacial score (nSPS) is 20.8. The Bertz CT molecular complexity index is 2620. The second-order valence-corrected chi connectivity index (χ2v) is 17.2. The van der Waals surface area contributed by atoms with Crippen LogP contribution in [0.25, 0.3) is 16.7 Å². The lowest BCUT2D eigenvalue weighted by atomic mass is 9.80. The number of hydrogen-bond donors (Lipinski definition) is 3. The van der Waals surface area contributed by atoms with Crippen LogP contribution in [0.15, 0.2) is 96.3 Å². The summed E-state index contributed by atoms with van der Waals surface area (Å²) in [6.45, 7) is 1.42. The smallest absolute Gasteiger partial charge is 0.394 e. The van der Waals surface area contributed by atoms with Gasteiger partial charge in [-0.25, -0.2) is 37.5 Å². The SMILES string of the molecule is CCc1cnc(NCC2[C@H](C)CC(F)(F)CN2C(=O)c2nn(C)cc2-c2ccccc2CC2CC(F)(F)CN(C(=O)C(N)=C(C=NC)c3ccccc3)C2CNc2ncc(C(F)(F)F)cn2)nc1. The van der Waals surface area contributed by atoms with E-state index in [9.17, 15) is 22.8 Å². The zero-order chi connectivity index (χ0) is 49.0. The van der Waals surface area contributed by atoms with E-state index >= 15 is 17.6 Å². The molecule has 2 saturated heterocycles. The summed E-state index contributed by atoms with van der Waals surface area (Å²) in [6.07, 6.45) is 2.02. The minimum absolute atomic E-state index is 0.0586. The topological polar surface area (TPSA) is 172 Å². The average molecular weight is 949 g/mol. The number of alkyl halides is 7. The van der Waals surface area contributed by atoms with E-state index in [0.717, 1.165) is 21.8 Å². The Morgan fingerprint density at radius 2 is 1.43 bits per heavy atom. The molecule has 0 spiro atoms. The Balaban J connectivity index is 1.24. The average Bonchev–Trinajstić information content (AvgIpc) is 3.70. The molecule has 2 aromatic carbocycles. The van der Waals surface area contributed by atoms with Gasteiger partial charge in [0.05, 0.1) is 30.7 Å². The predicted molar refractivity (Wildman–Crippen MR) is 242 cm³/mol. The van der Waals surface area contributed by atoms with Crippen molar-refractivity contribution in [2.75, 3.05) is 43.9 Å². The Morgan fingerprint density at radius 1 is 0.838 bits per heavy atom. The molecule has 14 nitrogen and oxygen atoms in total.